The number of amidine groups is 1. The summed E-state index contributed by atoms with van der Waals surface area (Å²) in [5, 5.41) is 9.95. The molecule has 0 amide bonds. The third-order valence-electron chi connectivity index (χ3n) is 2.78. The number of hydrogen-bond acceptors (Lipinski definition) is 1. The fourth-order valence-corrected chi connectivity index (χ4v) is 1.95. The van der Waals surface area contributed by atoms with Crippen LogP contribution in [-0.2, 0) is 0 Å². The molecule has 0 aromatic heterocycles. The Labute approximate surface area is 101 Å². The average Bonchev–Trinajstić information content (AvgIpc) is 2.35. The number of fused-ring (bicyclic) bond motifs is 1. The number of nitrogen functional groups attached to an aromatic ring is 1. The Balaban J connectivity index is 2.74. The minimum atomic E-state index is 0.117. The van der Waals surface area contributed by atoms with E-state index in [-0.39, 0.29) is 5.84 Å². The number of nitrogens with two attached hydrogens (primary N) is 1. The third kappa shape index (κ3) is 2.21. The molecular weight excluding hydrogens is 208 g/mol. The van der Waals surface area contributed by atoms with Gasteiger partial charge in [0, 0.05) is 5.56 Å². The topological polar surface area (TPSA) is 49.9 Å². The molecule has 2 heteroatoms. The second-order valence-corrected chi connectivity index (χ2v) is 3.97. The van der Waals surface area contributed by atoms with E-state index in [1.165, 1.54) is 5.39 Å². The molecule has 2 nitrogen and oxygen atoms in total. The highest BCUT2D eigenvalue weighted by atomic mass is 14.7. The Morgan fingerprint density at radius 1 is 1.24 bits per heavy atom. The molecule has 0 bridgehead atoms. The zero-order valence-corrected chi connectivity index (χ0v) is 9.90. The number of nitrogens with one attached hydrogen (secondary N) is 1. The van der Waals surface area contributed by atoms with Gasteiger partial charge in [0.1, 0.15) is 5.84 Å². The van der Waals surface area contributed by atoms with Crippen LogP contribution in [0.4, 0.5) is 0 Å². The first-order valence-corrected chi connectivity index (χ1v) is 5.76. The first-order chi connectivity index (χ1) is 8.24. The molecule has 0 saturated carbocycles. The van der Waals surface area contributed by atoms with E-state index in [4.69, 9.17) is 11.1 Å². The molecule has 0 atom stereocenters. The van der Waals surface area contributed by atoms with E-state index in [0.29, 0.717) is 0 Å². The van der Waals surface area contributed by atoms with Crippen LogP contribution in [0, 0.1) is 5.41 Å². The standard InChI is InChI=1S/C15H16N2/c1-2-3-7-13-12-8-5-4-6-11(12)9-10-14(13)15(16)17/h3-10H,2H2,1H3,(H3,16,17). The summed E-state index contributed by atoms with van der Waals surface area (Å²) in [6.45, 7) is 2.09. The summed E-state index contributed by atoms with van der Waals surface area (Å²) < 4.78 is 0. The van der Waals surface area contributed by atoms with Gasteiger partial charge in [0.2, 0.25) is 0 Å². The van der Waals surface area contributed by atoms with E-state index in [0.717, 1.165) is 22.9 Å². The molecule has 0 heterocycles. The van der Waals surface area contributed by atoms with Gasteiger partial charge in [-0.3, -0.25) is 5.41 Å². The Morgan fingerprint density at radius 3 is 2.71 bits per heavy atom. The highest BCUT2D eigenvalue weighted by molar-refractivity contribution is 6.05. The van der Waals surface area contributed by atoms with E-state index in [9.17, 15) is 0 Å². The van der Waals surface area contributed by atoms with E-state index in [1.54, 1.807) is 0 Å². The van der Waals surface area contributed by atoms with Crippen molar-refractivity contribution in [2.75, 3.05) is 0 Å². The second kappa shape index (κ2) is 4.83. The third-order valence-corrected chi connectivity index (χ3v) is 2.78. The summed E-state index contributed by atoms with van der Waals surface area (Å²) in [6.07, 6.45) is 5.12. The molecular formula is C15H16N2. The van der Waals surface area contributed by atoms with Gasteiger partial charge < -0.3 is 5.73 Å². The molecule has 2 aromatic rings. The summed E-state index contributed by atoms with van der Waals surface area (Å²) in [4.78, 5) is 0. The highest BCUT2D eigenvalue weighted by Crippen LogP contribution is 2.23. The van der Waals surface area contributed by atoms with Gasteiger partial charge in [-0.25, -0.2) is 0 Å². The van der Waals surface area contributed by atoms with Gasteiger partial charge in [0.15, 0.2) is 0 Å². The Bertz CT molecular complexity index is 582. The molecule has 0 unspecified atom stereocenters. The summed E-state index contributed by atoms with van der Waals surface area (Å²) >= 11 is 0. The van der Waals surface area contributed by atoms with E-state index >= 15 is 0 Å². The molecule has 0 aliphatic heterocycles. The van der Waals surface area contributed by atoms with E-state index in [2.05, 4.69) is 31.2 Å². The van der Waals surface area contributed by atoms with Crippen molar-refractivity contribution in [3.63, 3.8) is 0 Å². The lowest BCUT2D eigenvalue weighted by molar-refractivity contribution is 1.23. The van der Waals surface area contributed by atoms with Crippen LogP contribution in [0.2, 0.25) is 0 Å². The van der Waals surface area contributed by atoms with E-state index in [1.807, 2.05) is 24.3 Å². The largest absolute Gasteiger partial charge is 0.384 e. The number of allylic oxidation sites excluding steroid dienone is 1. The number of hydrogen-bond donors (Lipinski definition) is 2. The summed E-state index contributed by atoms with van der Waals surface area (Å²) in [5.74, 6) is 0.117. The van der Waals surface area contributed by atoms with Crippen molar-refractivity contribution < 1.29 is 0 Å². The SMILES string of the molecule is CCC=Cc1c(C(=N)N)ccc2ccccc12. The smallest absolute Gasteiger partial charge is 0.123 e. The van der Waals surface area contributed by atoms with Gasteiger partial charge in [0.25, 0.3) is 0 Å². The Kier molecular flexibility index (Phi) is 3.24. The second-order valence-electron chi connectivity index (χ2n) is 3.97. The van der Waals surface area contributed by atoms with Gasteiger partial charge >= 0.3 is 0 Å². The van der Waals surface area contributed by atoms with Crippen LogP contribution in [0.25, 0.3) is 16.8 Å². The summed E-state index contributed by atoms with van der Waals surface area (Å²) in [6, 6.07) is 12.1. The maximum atomic E-state index is 7.63. The molecule has 17 heavy (non-hydrogen) atoms. The maximum Gasteiger partial charge on any atom is 0.123 e. The maximum absolute atomic E-state index is 7.63. The zero-order chi connectivity index (χ0) is 12.3. The van der Waals surface area contributed by atoms with Crippen molar-refractivity contribution in [3.05, 3.63) is 53.6 Å². The monoisotopic (exact) mass is 224 g/mol. The molecule has 0 fully saturated rings. The first kappa shape index (κ1) is 11.4. The van der Waals surface area contributed by atoms with E-state index < -0.39 is 0 Å². The van der Waals surface area contributed by atoms with Crippen molar-refractivity contribution in [3.8, 4) is 0 Å². The fraction of sp³-hybridized carbons (Fsp3) is 0.133. The predicted molar refractivity (Wildman–Crippen MR) is 74.3 cm³/mol. The van der Waals surface area contributed by atoms with Crippen LogP contribution < -0.4 is 5.73 Å². The molecule has 0 spiro atoms. The summed E-state index contributed by atoms with van der Waals surface area (Å²) in [5.41, 5.74) is 7.47. The normalized spacial score (nSPS) is 11.1. The van der Waals surface area contributed by atoms with Gasteiger partial charge in [-0.05, 0) is 22.8 Å². The van der Waals surface area contributed by atoms with Crippen molar-refractivity contribution in [1.29, 1.82) is 5.41 Å². The fourth-order valence-electron chi connectivity index (χ4n) is 1.95. The van der Waals surface area contributed by atoms with Crippen LogP contribution in [0.1, 0.15) is 24.5 Å². The minimum absolute atomic E-state index is 0.117. The molecule has 2 rings (SSSR count). The molecule has 0 aliphatic carbocycles. The molecule has 0 radical (unpaired) electrons. The average molecular weight is 224 g/mol. The predicted octanol–water partition coefficient (Wildman–Crippen LogP) is 3.55. The summed E-state index contributed by atoms with van der Waals surface area (Å²) in [7, 11) is 0. The molecule has 2 aromatic carbocycles. The van der Waals surface area contributed by atoms with Gasteiger partial charge in [-0.1, -0.05) is 55.5 Å². The van der Waals surface area contributed by atoms with Gasteiger partial charge in [-0.15, -0.1) is 0 Å². The molecule has 0 aliphatic rings. The lowest BCUT2D eigenvalue weighted by Crippen LogP contribution is -2.12. The van der Waals surface area contributed by atoms with Gasteiger partial charge in [0.05, 0.1) is 0 Å². The number of rotatable bonds is 3. The van der Waals surface area contributed by atoms with Crippen LogP contribution in [0.3, 0.4) is 0 Å². The minimum Gasteiger partial charge on any atom is -0.384 e. The molecule has 86 valence electrons. The van der Waals surface area contributed by atoms with Crippen molar-refractivity contribution >= 4 is 22.7 Å². The quantitative estimate of drug-likeness (QED) is 0.608. The van der Waals surface area contributed by atoms with Crippen LogP contribution in [-0.4, -0.2) is 5.84 Å². The lowest BCUT2D eigenvalue weighted by atomic mass is 9.98. The Morgan fingerprint density at radius 2 is 2.00 bits per heavy atom. The van der Waals surface area contributed by atoms with Crippen molar-refractivity contribution in [2.24, 2.45) is 5.73 Å². The van der Waals surface area contributed by atoms with Crippen molar-refractivity contribution in [1.82, 2.24) is 0 Å². The lowest BCUT2D eigenvalue weighted by Gasteiger charge is -2.08. The molecule has 3 N–H and O–H groups in total. The molecule has 0 saturated heterocycles. The van der Waals surface area contributed by atoms with Crippen molar-refractivity contribution in [2.45, 2.75) is 13.3 Å². The van der Waals surface area contributed by atoms with Crippen LogP contribution in [0.5, 0.6) is 0 Å². The highest BCUT2D eigenvalue weighted by Gasteiger charge is 2.06. The van der Waals surface area contributed by atoms with Crippen LogP contribution >= 0.6 is 0 Å². The Hall–Kier alpha value is -2.09. The van der Waals surface area contributed by atoms with Crippen LogP contribution in [0.15, 0.2) is 42.5 Å². The zero-order valence-electron chi connectivity index (χ0n) is 9.90. The van der Waals surface area contributed by atoms with Gasteiger partial charge in [-0.2, -0.15) is 0 Å². The first-order valence-electron chi connectivity index (χ1n) is 5.76. The number of benzene rings is 2.